The SMILES string of the molecule is C#[C][Hg][CH2][Si](C)(C)C. The van der Waals surface area contributed by atoms with Crippen molar-refractivity contribution < 1.29 is 24.6 Å². The first-order chi connectivity index (χ1) is 3.56. The minimum absolute atomic E-state index is 0.722. The van der Waals surface area contributed by atoms with Crippen molar-refractivity contribution in [3.8, 4) is 9.85 Å². The molecule has 0 aromatic heterocycles. The van der Waals surface area contributed by atoms with Gasteiger partial charge in [-0.3, -0.25) is 0 Å². The van der Waals surface area contributed by atoms with E-state index in [1.165, 1.54) is 3.55 Å². The van der Waals surface area contributed by atoms with Crippen LogP contribution >= 0.6 is 0 Å². The summed E-state index contributed by atoms with van der Waals surface area (Å²) in [4.78, 5) is 0. The van der Waals surface area contributed by atoms with Gasteiger partial charge in [0.15, 0.2) is 0 Å². The Hall–Kier alpha value is 0.712. The third-order valence-electron chi connectivity index (χ3n) is 1.02. The quantitative estimate of drug-likeness (QED) is 0.540. The van der Waals surface area contributed by atoms with Crippen LogP contribution in [0.15, 0.2) is 0 Å². The summed E-state index contributed by atoms with van der Waals surface area (Å²) in [6.07, 6.45) is 5.21. The predicted molar refractivity (Wildman–Crippen MR) is 37.0 cm³/mol. The van der Waals surface area contributed by atoms with Crippen molar-refractivity contribution in [2.75, 3.05) is 0 Å². The maximum atomic E-state index is 5.21. The fourth-order valence-electron chi connectivity index (χ4n) is 0.447. The summed E-state index contributed by atoms with van der Waals surface area (Å²) < 4.78 is 4.37. The molecule has 8 heavy (non-hydrogen) atoms. The van der Waals surface area contributed by atoms with Gasteiger partial charge in [-0.05, 0) is 0 Å². The molecular formula is C6H12HgSi. The average molecular weight is 313 g/mol. The summed E-state index contributed by atoms with van der Waals surface area (Å²) in [7, 11) is -0.722. The topological polar surface area (TPSA) is 0 Å². The summed E-state index contributed by atoms with van der Waals surface area (Å²) in [5.41, 5.74) is 0. The van der Waals surface area contributed by atoms with Crippen LogP contribution in [0.5, 0.6) is 0 Å². The van der Waals surface area contributed by atoms with Gasteiger partial charge in [0.05, 0.1) is 0 Å². The number of rotatable bonds is 2. The van der Waals surface area contributed by atoms with Crippen molar-refractivity contribution in [2.24, 2.45) is 0 Å². The van der Waals surface area contributed by atoms with Crippen LogP contribution in [0.25, 0.3) is 0 Å². The van der Waals surface area contributed by atoms with E-state index in [4.69, 9.17) is 6.42 Å². The average Bonchev–Trinajstić information content (AvgIpc) is 1.59. The van der Waals surface area contributed by atoms with Gasteiger partial charge in [-0.15, -0.1) is 0 Å². The second-order valence-electron chi connectivity index (χ2n) is 3.26. The standard InChI is InChI=1S/C4H11Si.C2H.Hg/c1-5(2,3)4;1-2;/h1H2,2-4H3;1H;. The molecule has 0 radical (unpaired) electrons. The van der Waals surface area contributed by atoms with Gasteiger partial charge in [0.1, 0.15) is 0 Å². The van der Waals surface area contributed by atoms with Gasteiger partial charge in [-0.25, -0.2) is 0 Å². The summed E-state index contributed by atoms with van der Waals surface area (Å²) in [5.74, 6) is 0. The molecule has 0 unspecified atom stereocenters. The fourth-order valence-corrected chi connectivity index (χ4v) is 11.8. The number of hydrogen-bond donors (Lipinski definition) is 0. The van der Waals surface area contributed by atoms with Crippen molar-refractivity contribution in [1.29, 1.82) is 0 Å². The van der Waals surface area contributed by atoms with Crippen molar-refractivity contribution in [3.63, 3.8) is 0 Å². The second-order valence-corrected chi connectivity index (χ2v) is 18.2. The Morgan fingerprint density at radius 1 is 1.50 bits per heavy atom. The van der Waals surface area contributed by atoms with Crippen LogP contribution in [0.1, 0.15) is 0 Å². The van der Waals surface area contributed by atoms with Crippen LogP contribution < -0.4 is 0 Å². The first-order valence-electron chi connectivity index (χ1n) is 3.00. The molecule has 0 aliphatic carbocycles. The Bertz CT molecular complexity index is 96.1. The Balaban J connectivity index is 3.28. The summed E-state index contributed by atoms with van der Waals surface area (Å²) in [6, 6.07) is 0. The first kappa shape index (κ1) is 8.71. The molecule has 0 aliphatic heterocycles. The van der Waals surface area contributed by atoms with Gasteiger partial charge in [0, 0.05) is 0 Å². The van der Waals surface area contributed by atoms with Crippen LogP contribution in [-0.4, -0.2) is 8.07 Å². The van der Waals surface area contributed by atoms with E-state index in [0.717, 1.165) is 0 Å². The zero-order chi connectivity index (χ0) is 6.62. The van der Waals surface area contributed by atoms with Gasteiger partial charge in [-0.1, -0.05) is 0 Å². The van der Waals surface area contributed by atoms with Crippen LogP contribution in [-0.2, 0) is 24.6 Å². The van der Waals surface area contributed by atoms with Gasteiger partial charge >= 0.3 is 65.7 Å². The third kappa shape index (κ3) is 6.71. The van der Waals surface area contributed by atoms with Crippen LogP contribution in [0.3, 0.4) is 0 Å². The zero-order valence-corrected chi connectivity index (χ0v) is 12.5. The molecule has 2 heteroatoms. The molecule has 0 aromatic rings. The molecular weight excluding hydrogens is 301 g/mol. The molecule has 0 fully saturated rings. The van der Waals surface area contributed by atoms with Gasteiger partial charge in [-0.2, -0.15) is 0 Å². The van der Waals surface area contributed by atoms with Crippen molar-refractivity contribution in [1.82, 2.24) is 0 Å². The van der Waals surface area contributed by atoms with E-state index < -0.39 is 32.6 Å². The van der Waals surface area contributed by atoms with Crippen molar-refractivity contribution in [2.45, 2.75) is 23.2 Å². The van der Waals surface area contributed by atoms with E-state index in [2.05, 4.69) is 23.1 Å². The molecule has 0 amide bonds. The normalized spacial score (nSPS) is 9.75. The van der Waals surface area contributed by atoms with Crippen molar-refractivity contribution >= 4 is 8.07 Å². The van der Waals surface area contributed by atoms with E-state index in [1.54, 1.807) is 0 Å². The molecule has 0 rings (SSSR count). The molecule has 0 saturated heterocycles. The van der Waals surface area contributed by atoms with Crippen molar-refractivity contribution in [3.05, 3.63) is 0 Å². The van der Waals surface area contributed by atoms with Crippen LogP contribution in [0.2, 0.25) is 23.2 Å². The Kier molecular flexibility index (Phi) is 4.01. The van der Waals surface area contributed by atoms with Crippen LogP contribution in [0, 0.1) is 9.85 Å². The van der Waals surface area contributed by atoms with Gasteiger partial charge < -0.3 is 0 Å². The molecule has 0 spiro atoms. The Morgan fingerprint density at radius 2 is 2.00 bits per heavy atom. The second kappa shape index (κ2) is 3.68. The van der Waals surface area contributed by atoms with Gasteiger partial charge in [0.2, 0.25) is 0 Å². The number of hydrogen-bond acceptors (Lipinski definition) is 0. The molecule has 0 atom stereocenters. The third-order valence-corrected chi connectivity index (χ3v) is 24.3. The maximum absolute atomic E-state index is 5.21. The summed E-state index contributed by atoms with van der Waals surface area (Å²) in [6.45, 7) is 7.18. The summed E-state index contributed by atoms with van der Waals surface area (Å²) in [5, 5.41) is 0. The molecule has 42 valence electrons. The fraction of sp³-hybridized carbons (Fsp3) is 0.667. The molecule has 0 N–H and O–H groups in total. The first-order valence-corrected chi connectivity index (χ1v) is 13.3. The van der Waals surface area contributed by atoms with E-state index in [0.29, 0.717) is 0 Å². The zero-order valence-electron chi connectivity index (χ0n) is 5.99. The molecule has 0 aliphatic rings. The Labute approximate surface area is 65.5 Å². The van der Waals surface area contributed by atoms with E-state index in [1.807, 2.05) is 0 Å². The monoisotopic (exact) mass is 314 g/mol. The molecule has 0 heterocycles. The predicted octanol–water partition coefficient (Wildman–Crippen LogP) is 1.96. The molecule has 0 bridgehead atoms. The Morgan fingerprint density at radius 3 is 2.12 bits per heavy atom. The van der Waals surface area contributed by atoms with Crippen LogP contribution in [0.4, 0.5) is 0 Å². The van der Waals surface area contributed by atoms with E-state index in [9.17, 15) is 0 Å². The van der Waals surface area contributed by atoms with Gasteiger partial charge in [0.25, 0.3) is 0 Å². The minimum atomic E-state index is -0.730. The summed E-state index contributed by atoms with van der Waals surface area (Å²) >= 11 is -0.730. The number of terminal acetylenes is 1. The molecule has 0 nitrogen and oxygen atoms in total. The molecule has 0 saturated carbocycles. The molecule has 0 aromatic carbocycles. The van der Waals surface area contributed by atoms with E-state index >= 15 is 0 Å². The van der Waals surface area contributed by atoms with E-state index in [-0.39, 0.29) is 0 Å².